The van der Waals surface area contributed by atoms with E-state index in [1.165, 1.54) is 0 Å². The molecule has 0 aliphatic heterocycles. The number of hydrogen-bond acceptors (Lipinski definition) is 3. The quantitative estimate of drug-likeness (QED) is 0.371. The zero-order valence-corrected chi connectivity index (χ0v) is 20.6. The summed E-state index contributed by atoms with van der Waals surface area (Å²) in [7, 11) is 1.70. The van der Waals surface area contributed by atoms with Crippen LogP contribution in [0.25, 0.3) is 16.6 Å². The second-order valence-electron chi connectivity index (χ2n) is 8.11. The van der Waals surface area contributed by atoms with Crippen LogP contribution in [-0.2, 0) is 0 Å². The van der Waals surface area contributed by atoms with E-state index >= 15 is 0 Å². The maximum Gasteiger partial charge on any atom is 0.322 e. The lowest BCUT2D eigenvalue weighted by Gasteiger charge is -2.28. The lowest BCUT2D eigenvalue weighted by molar-refractivity contribution is 0.205. The standard InChI is InChI=1S/C26H25BrN4O2/c1-16-13-14-17(2)23(15-16)31-24(28-21-11-7-5-9-19(21)25(31)32)18(3)30(4)26(33)29-22-12-8-6-10-20(22)27/h5-15,18H,1-4H3,(H,29,33). The Labute approximate surface area is 201 Å². The number of carbonyl (C=O) groups excluding carboxylic acids is 1. The Morgan fingerprint density at radius 3 is 2.52 bits per heavy atom. The van der Waals surface area contributed by atoms with Crippen LogP contribution >= 0.6 is 15.9 Å². The smallest absolute Gasteiger partial charge is 0.318 e. The van der Waals surface area contributed by atoms with E-state index in [9.17, 15) is 9.59 Å². The number of rotatable bonds is 4. The highest BCUT2D eigenvalue weighted by atomic mass is 79.9. The van der Waals surface area contributed by atoms with Gasteiger partial charge >= 0.3 is 6.03 Å². The molecule has 3 aromatic carbocycles. The Bertz CT molecular complexity index is 1410. The maximum absolute atomic E-state index is 13.6. The van der Waals surface area contributed by atoms with Gasteiger partial charge in [0.2, 0.25) is 0 Å². The van der Waals surface area contributed by atoms with Gasteiger partial charge in [-0.25, -0.2) is 9.78 Å². The van der Waals surface area contributed by atoms with Crippen LogP contribution < -0.4 is 10.9 Å². The number of halogens is 1. The number of fused-ring (bicyclic) bond motifs is 1. The van der Waals surface area contributed by atoms with Crippen molar-refractivity contribution in [2.75, 3.05) is 12.4 Å². The fraction of sp³-hybridized carbons (Fsp3) is 0.192. The summed E-state index contributed by atoms with van der Waals surface area (Å²) in [4.78, 5) is 33.1. The molecular formula is C26H25BrN4O2. The van der Waals surface area contributed by atoms with Crippen molar-refractivity contribution < 1.29 is 4.79 Å². The van der Waals surface area contributed by atoms with E-state index < -0.39 is 6.04 Å². The van der Waals surface area contributed by atoms with E-state index in [0.29, 0.717) is 22.4 Å². The number of hydrogen-bond donors (Lipinski definition) is 1. The molecule has 4 aromatic rings. The molecule has 1 aromatic heterocycles. The Morgan fingerprint density at radius 1 is 1.06 bits per heavy atom. The normalized spacial score (nSPS) is 11.9. The summed E-state index contributed by atoms with van der Waals surface area (Å²) in [6.07, 6.45) is 0. The molecule has 33 heavy (non-hydrogen) atoms. The zero-order valence-electron chi connectivity index (χ0n) is 19.0. The fourth-order valence-corrected chi connectivity index (χ4v) is 4.12. The van der Waals surface area contributed by atoms with Crippen LogP contribution in [0.4, 0.5) is 10.5 Å². The molecular weight excluding hydrogens is 480 g/mol. The Balaban J connectivity index is 1.83. The first-order valence-corrected chi connectivity index (χ1v) is 11.4. The largest absolute Gasteiger partial charge is 0.322 e. The van der Waals surface area contributed by atoms with Gasteiger partial charge in [0.1, 0.15) is 5.82 Å². The van der Waals surface area contributed by atoms with Crippen molar-refractivity contribution in [3.63, 3.8) is 0 Å². The summed E-state index contributed by atoms with van der Waals surface area (Å²) in [6.45, 7) is 5.83. The zero-order chi connectivity index (χ0) is 23.7. The minimum atomic E-state index is -0.482. The fourth-order valence-electron chi connectivity index (χ4n) is 3.74. The Hall–Kier alpha value is -3.45. The predicted octanol–water partition coefficient (Wildman–Crippen LogP) is 5.99. The van der Waals surface area contributed by atoms with Crippen molar-refractivity contribution in [3.05, 3.63) is 98.5 Å². The topological polar surface area (TPSA) is 67.2 Å². The molecule has 1 atom stereocenters. The molecule has 1 unspecified atom stereocenters. The summed E-state index contributed by atoms with van der Waals surface area (Å²) >= 11 is 3.46. The van der Waals surface area contributed by atoms with Crippen LogP contribution in [-0.4, -0.2) is 27.5 Å². The first-order valence-electron chi connectivity index (χ1n) is 10.7. The minimum Gasteiger partial charge on any atom is -0.318 e. The number of aryl methyl sites for hydroxylation is 2. The second-order valence-corrected chi connectivity index (χ2v) is 8.97. The molecule has 0 fully saturated rings. The van der Waals surface area contributed by atoms with Gasteiger partial charge in [0.15, 0.2) is 0 Å². The molecule has 0 aliphatic carbocycles. The van der Waals surface area contributed by atoms with Gasteiger partial charge in [-0.1, -0.05) is 36.4 Å². The molecule has 0 bridgehead atoms. The SMILES string of the molecule is Cc1ccc(C)c(-n2c(C(C)N(C)C(=O)Nc3ccccc3Br)nc3ccccc3c2=O)c1. The summed E-state index contributed by atoms with van der Waals surface area (Å²) in [6, 6.07) is 19.9. The molecule has 1 heterocycles. The van der Waals surface area contributed by atoms with Crippen LogP contribution in [0.3, 0.4) is 0 Å². The van der Waals surface area contributed by atoms with Crippen molar-refractivity contribution in [1.82, 2.24) is 14.5 Å². The van der Waals surface area contributed by atoms with Crippen molar-refractivity contribution >= 4 is 38.6 Å². The Kier molecular flexibility index (Phi) is 6.33. The molecule has 1 N–H and O–H groups in total. The van der Waals surface area contributed by atoms with Gasteiger partial charge in [0.25, 0.3) is 5.56 Å². The molecule has 0 aliphatic rings. The summed E-state index contributed by atoms with van der Waals surface area (Å²) in [5, 5.41) is 3.45. The number of para-hydroxylation sites is 2. The summed E-state index contributed by atoms with van der Waals surface area (Å²) in [5.41, 5.74) is 3.86. The average Bonchev–Trinajstić information content (AvgIpc) is 2.81. The monoisotopic (exact) mass is 504 g/mol. The number of urea groups is 1. The van der Waals surface area contributed by atoms with Crippen LogP contribution in [0.2, 0.25) is 0 Å². The highest BCUT2D eigenvalue weighted by molar-refractivity contribution is 9.10. The van der Waals surface area contributed by atoms with E-state index in [1.807, 2.05) is 81.4 Å². The third-order valence-corrected chi connectivity index (χ3v) is 6.49. The van der Waals surface area contributed by atoms with Crippen molar-refractivity contribution in [2.45, 2.75) is 26.8 Å². The van der Waals surface area contributed by atoms with Crippen molar-refractivity contribution in [3.8, 4) is 5.69 Å². The molecule has 6 nitrogen and oxygen atoms in total. The van der Waals surface area contributed by atoms with E-state index in [1.54, 1.807) is 22.6 Å². The molecule has 0 saturated heterocycles. The Morgan fingerprint density at radius 2 is 1.76 bits per heavy atom. The van der Waals surface area contributed by atoms with E-state index in [4.69, 9.17) is 4.98 Å². The number of carbonyl (C=O) groups is 1. The number of nitrogens with one attached hydrogen (secondary N) is 1. The van der Waals surface area contributed by atoms with Crippen LogP contribution in [0.15, 0.2) is 76.0 Å². The molecule has 2 amide bonds. The van der Waals surface area contributed by atoms with E-state index in [2.05, 4.69) is 21.2 Å². The van der Waals surface area contributed by atoms with Crippen LogP contribution in [0.5, 0.6) is 0 Å². The highest BCUT2D eigenvalue weighted by Crippen LogP contribution is 2.26. The van der Waals surface area contributed by atoms with Gasteiger partial charge in [-0.2, -0.15) is 0 Å². The van der Waals surface area contributed by atoms with Crippen LogP contribution in [0.1, 0.15) is 29.9 Å². The van der Waals surface area contributed by atoms with Gasteiger partial charge in [0.05, 0.1) is 28.3 Å². The molecule has 0 radical (unpaired) electrons. The maximum atomic E-state index is 13.6. The number of nitrogens with zero attached hydrogens (tertiary/aromatic N) is 3. The van der Waals surface area contributed by atoms with Gasteiger partial charge in [-0.3, -0.25) is 9.36 Å². The highest BCUT2D eigenvalue weighted by Gasteiger charge is 2.25. The molecule has 168 valence electrons. The van der Waals surface area contributed by atoms with Gasteiger partial charge in [0, 0.05) is 11.5 Å². The lowest BCUT2D eigenvalue weighted by Crippen LogP contribution is -2.37. The van der Waals surface area contributed by atoms with Crippen LogP contribution in [0, 0.1) is 13.8 Å². The molecule has 0 spiro atoms. The lowest BCUT2D eigenvalue weighted by atomic mass is 10.1. The number of anilines is 1. The number of amides is 2. The first kappa shape index (κ1) is 22.7. The third kappa shape index (κ3) is 4.41. The average molecular weight is 505 g/mol. The predicted molar refractivity (Wildman–Crippen MR) is 136 cm³/mol. The van der Waals surface area contributed by atoms with Crippen molar-refractivity contribution in [2.24, 2.45) is 0 Å². The van der Waals surface area contributed by atoms with E-state index in [-0.39, 0.29) is 11.6 Å². The second kappa shape index (κ2) is 9.19. The number of benzene rings is 3. The minimum absolute atomic E-state index is 0.157. The summed E-state index contributed by atoms with van der Waals surface area (Å²) < 4.78 is 2.42. The first-order chi connectivity index (χ1) is 15.8. The van der Waals surface area contributed by atoms with Gasteiger partial charge in [-0.15, -0.1) is 0 Å². The van der Waals surface area contributed by atoms with Crippen molar-refractivity contribution in [1.29, 1.82) is 0 Å². The van der Waals surface area contributed by atoms with E-state index in [0.717, 1.165) is 21.3 Å². The summed E-state index contributed by atoms with van der Waals surface area (Å²) in [5.74, 6) is 0.497. The molecule has 7 heteroatoms. The van der Waals surface area contributed by atoms with Gasteiger partial charge in [-0.05, 0) is 78.2 Å². The molecule has 4 rings (SSSR count). The van der Waals surface area contributed by atoms with Gasteiger partial charge < -0.3 is 10.2 Å². The number of aromatic nitrogens is 2. The molecule has 0 saturated carbocycles. The third-order valence-electron chi connectivity index (χ3n) is 5.80.